The van der Waals surface area contributed by atoms with Crippen molar-refractivity contribution >= 4 is 23.6 Å². The van der Waals surface area contributed by atoms with Gasteiger partial charge in [-0.1, -0.05) is 0 Å². The van der Waals surface area contributed by atoms with Crippen LogP contribution in [0.15, 0.2) is 18.2 Å². The zero-order valence-corrected chi connectivity index (χ0v) is 11.8. The summed E-state index contributed by atoms with van der Waals surface area (Å²) < 4.78 is 4.48. The summed E-state index contributed by atoms with van der Waals surface area (Å²) in [5.41, 5.74) is 0.872. The number of nitrogens with one attached hydrogen (secondary N) is 2. The molecule has 0 aliphatic carbocycles. The van der Waals surface area contributed by atoms with Crippen LogP contribution in [0, 0.1) is 0 Å². The zero-order valence-electron chi connectivity index (χ0n) is 11.8. The van der Waals surface area contributed by atoms with Crippen LogP contribution < -0.4 is 10.6 Å². The van der Waals surface area contributed by atoms with E-state index in [4.69, 9.17) is 0 Å². The molecule has 7 heteroatoms. The molecule has 20 heavy (non-hydrogen) atoms. The van der Waals surface area contributed by atoms with Gasteiger partial charge in [-0.15, -0.1) is 0 Å². The summed E-state index contributed by atoms with van der Waals surface area (Å²) in [5.74, 6) is -0.630. The fraction of sp³-hybridized carbons (Fsp3) is 0.308. The number of rotatable bonds is 3. The molecule has 0 atom stereocenters. The molecule has 0 aromatic heterocycles. The molecule has 2 N–H and O–H groups in total. The van der Waals surface area contributed by atoms with Gasteiger partial charge in [-0.2, -0.15) is 0 Å². The maximum absolute atomic E-state index is 12.0. The van der Waals surface area contributed by atoms with Gasteiger partial charge >= 0.3 is 6.09 Å². The highest BCUT2D eigenvalue weighted by Crippen LogP contribution is 2.16. The first-order valence-electron chi connectivity index (χ1n) is 5.82. The van der Waals surface area contributed by atoms with Crippen molar-refractivity contribution in [3.63, 3.8) is 0 Å². The molecular weight excluding hydrogens is 262 g/mol. The molecule has 0 heterocycles. The van der Waals surface area contributed by atoms with E-state index in [9.17, 15) is 14.4 Å². The van der Waals surface area contributed by atoms with Gasteiger partial charge in [0.05, 0.1) is 7.11 Å². The second-order valence-electron chi connectivity index (χ2n) is 4.19. The third-order valence-electron chi connectivity index (χ3n) is 2.51. The van der Waals surface area contributed by atoms with Crippen molar-refractivity contribution in [2.45, 2.75) is 0 Å². The Bertz CT molecular complexity index is 540. The molecule has 0 aliphatic heterocycles. The quantitative estimate of drug-likeness (QED) is 0.861. The molecule has 0 saturated carbocycles. The van der Waals surface area contributed by atoms with Crippen LogP contribution in [0.3, 0.4) is 0 Å². The highest BCUT2D eigenvalue weighted by molar-refractivity contribution is 6.01. The Labute approximate surface area is 116 Å². The molecule has 0 saturated heterocycles. The van der Waals surface area contributed by atoms with Crippen LogP contribution in [0.2, 0.25) is 0 Å². The van der Waals surface area contributed by atoms with Crippen molar-refractivity contribution < 1.29 is 19.1 Å². The maximum atomic E-state index is 12.0. The first-order valence-corrected chi connectivity index (χ1v) is 5.82. The molecule has 1 aromatic rings. The number of amides is 3. The molecular formula is C13H17N3O4. The lowest BCUT2D eigenvalue weighted by molar-refractivity contribution is 0.0827. The molecule has 1 aromatic carbocycles. The minimum Gasteiger partial charge on any atom is -0.453 e. The Morgan fingerprint density at radius 2 is 1.70 bits per heavy atom. The van der Waals surface area contributed by atoms with Gasteiger partial charge in [0.15, 0.2) is 0 Å². The second kappa shape index (κ2) is 6.55. The van der Waals surface area contributed by atoms with E-state index in [0.29, 0.717) is 11.3 Å². The van der Waals surface area contributed by atoms with Crippen LogP contribution in [0.25, 0.3) is 0 Å². The molecule has 3 amide bonds. The minimum atomic E-state index is -0.678. The number of carbonyl (C=O) groups is 3. The van der Waals surface area contributed by atoms with Gasteiger partial charge in [0.1, 0.15) is 0 Å². The van der Waals surface area contributed by atoms with Gasteiger partial charge in [0.2, 0.25) is 0 Å². The van der Waals surface area contributed by atoms with Crippen molar-refractivity contribution in [3.05, 3.63) is 29.3 Å². The van der Waals surface area contributed by atoms with E-state index in [1.54, 1.807) is 14.1 Å². The Kier molecular flexibility index (Phi) is 5.08. The molecule has 0 unspecified atom stereocenters. The molecule has 108 valence electrons. The average Bonchev–Trinajstić information content (AvgIpc) is 2.44. The van der Waals surface area contributed by atoms with Gasteiger partial charge in [0, 0.05) is 38.0 Å². The molecule has 0 radical (unpaired) electrons. The summed E-state index contributed by atoms with van der Waals surface area (Å²) in [6.07, 6.45) is -0.678. The summed E-state index contributed by atoms with van der Waals surface area (Å²) in [6.45, 7) is 0. The molecule has 0 fully saturated rings. The topological polar surface area (TPSA) is 87.7 Å². The van der Waals surface area contributed by atoms with Crippen LogP contribution in [0.5, 0.6) is 0 Å². The fourth-order valence-corrected chi connectivity index (χ4v) is 1.53. The van der Waals surface area contributed by atoms with Crippen LogP contribution in [0.1, 0.15) is 20.7 Å². The highest BCUT2D eigenvalue weighted by atomic mass is 16.5. The maximum Gasteiger partial charge on any atom is 0.411 e. The van der Waals surface area contributed by atoms with E-state index in [0.717, 1.165) is 0 Å². The molecule has 7 nitrogen and oxygen atoms in total. The van der Waals surface area contributed by atoms with Crippen molar-refractivity contribution in [2.24, 2.45) is 0 Å². The second-order valence-corrected chi connectivity index (χ2v) is 4.19. The van der Waals surface area contributed by atoms with Crippen LogP contribution >= 0.6 is 0 Å². The Morgan fingerprint density at radius 1 is 1.10 bits per heavy atom. The number of benzene rings is 1. The first-order chi connectivity index (χ1) is 9.38. The van der Waals surface area contributed by atoms with Crippen molar-refractivity contribution in [3.8, 4) is 0 Å². The summed E-state index contributed by atoms with van der Waals surface area (Å²) in [6, 6.07) is 4.40. The van der Waals surface area contributed by atoms with Crippen LogP contribution in [0.4, 0.5) is 10.5 Å². The number of anilines is 1. The van der Waals surface area contributed by atoms with E-state index >= 15 is 0 Å². The smallest absolute Gasteiger partial charge is 0.411 e. The minimum absolute atomic E-state index is 0.270. The number of hydrogen-bond acceptors (Lipinski definition) is 4. The van der Waals surface area contributed by atoms with E-state index in [1.165, 1.54) is 37.3 Å². The number of methoxy groups -OCH3 is 1. The molecule has 1 rings (SSSR count). The largest absolute Gasteiger partial charge is 0.453 e. The van der Waals surface area contributed by atoms with E-state index in [1.807, 2.05) is 0 Å². The Balaban J connectivity index is 3.24. The average molecular weight is 279 g/mol. The van der Waals surface area contributed by atoms with E-state index in [2.05, 4.69) is 15.4 Å². The van der Waals surface area contributed by atoms with E-state index < -0.39 is 6.09 Å². The molecule has 0 bridgehead atoms. The van der Waals surface area contributed by atoms with Crippen molar-refractivity contribution in [2.75, 3.05) is 33.6 Å². The summed E-state index contributed by atoms with van der Waals surface area (Å²) in [7, 11) is 5.91. The molecule has 0 aliphatic rings. The Hall–Kier alpha value is -2.57. The number of hydrogen-bond donors (Lipinski definition) is 2. The normalized spacial score (nSPS) is 9.60. The monoisotopic (exact) mass is 279 g/mol. The first kappa shape index (κ1) is 15.5. The third kappa shape index (κ3) is 3.71. The van der Waals surface area contributed by atoms with Gasteiger partial charge in [0.25, 0.3) is 11.8 Å². The van der Waals surface area contributed by atoms with Crippen LogP contribution in [-0.2, 0) is 4.74 Å². The van der Waals surface area contributed by atoms with Crippen molar-refractivity contribution in [1.29, 1.82) is 0 Å². The SMILES string of the molecule is CNC(=O)c1cc(NC(=O)OC)cc(C(=O)N(C)C)c1. The standard InChI is InChI=1S/C13H17N3O4/c1-14-11(17)8-5-9(12(18)16(2)3)7-10(6-8)15-13(19)20-4/h5-7H,1-4H3,(H,14,17)(H,15,19). The van der Waals surface area contributed by atoms with Gasteiger partial charge in [-0.05, 0) is 18.2 Å². The van der Waals surface area contributed by atoms with Crippen LogP contribution in [-0.4, -0.2) is 51.1 Å². The number of carbonyl (C=O) groups excluding carboxylic acids is 3. The predicted octanol–water partition coefficient (Wildman–Crippen LogP) is 0.926. The lowest BCUT2D eigenvalue weighted by Gasteiger charge is -2.13. The van der Waals surface area contributed by atoms with Gasteiger partial charge < -0.3 is 15.0 Å². The third-order valence-corrected chi connectivity index (χ3v) is 2.51. The lowest BCUT2D eigenvalue weighted by atomic mass is 10.1. The van der Waals surface area contributed by atoms with Gasteiger partial charge in [-0.3, -0.25) is 14.9 Å². The van der Waals surface area contributed by atoms with Gasteiger partial charge in [-0.25, -0.2) is 4.79 Å². The van der Waals surface area contributed by atoms with E-state index in [-0.39, 0.29) is 17.4 Å². The number of ether oxygens (including phenoxy) is 1. The summed E-state index contributed by atoms with van der Waals surface area (Å²) >= 11 is 0. The van der Waals surface area contributed by atoms with Crippen molar-refractivity contribution in [1.82, 2.24) is 10.2 Å². The Morgan fingerprint density at radius 3 is 2.20 bits per heavy atom. The molecule has 0 spiro atoms. The highest BCUT2D eigenvalue weighted by Gasteiger charge is 2.14. The zero-order chi connectivity index (χ0) is 15.3. The summed E-state index contributed by atoms with van der Waals surface area (Å²) in [5, 5.41) is 4.90. The summed E-state index contributed by atoms with van der Waals surface area (Å²) in [4.78, 5) is 36.2. The predicted molar refractivity (Wildman–Crippen MR) is 73.9 cm³/mol. The lowest BCUT2D eigenvalue weighted by Crippen LogP contribution is -2.24. The number of nitrogens with zero attached hydrogens (tertiary/aromatic N) is 1. The fourth-order valence-electron chi connectivity index (χ4n) is 1.53.